The molecule has 2 aromatic carbocycles. The predicted octanol–water partition coefficient (Wildman–Crippen LogP) is 4.97. The van der Waals surface area contributed by atoms with Crippen molar-refractivity contribution < 1.29 is 14.3 Å². The molecule has 0 spiro atoms. The van der Waals surface area contributed by atoms with Gasteiger partial charge in [0.15, 0.2) is 0 Å². The van der Waals surface area contributed by atoms with Crippen molar-refractivity contribution in [3.63, 3.8) is 0 Å². The minimum Gasteiger partial charge on any atom is -0.496 e. The first-order valence-electron chi connectivity index (χ1n) is 13.0. The van der Waals surface area contributed by atoms with E-state index in [1.54, 1.807) is 14.2 Å². The molecule has 2 fully saturated rings. The van der Waals surface area contributed by atoms with Crippen LogP contribution in [0, 0.1) is 5.92 Å². The standard InChI is InChI=1S/C29H38N2O3/c1-4-14-30(24-17-25-26(18-24)28(34-3)13-12-27(25)33-2)19-20-15-22-10-11-23(16-20)31(22)29(32)21-8-6-5-7-9-21/h5-9,12-13,20,22-24H,4,10-11,14-19H2,1-3H3. The number of ether oxygens (including phenoxy) is 2. The second-order valence-electron chi connectivity index (χ2n) is 10.3. The molecule has 2 saturated heterocycles. The van der Waals surface area contributed by atoms with E-state index in [-0.39, 0.29) is 5.91 Å². The minimum atomic E-state index is 0.224. The number of hydrogen-bond donors (Lipinski definition) is 0. The SMILES string of the molecule is CCCN(CC1CC2CCC(C1)N2C(=O)c1ccccc1)C1Cc2c(OC)ccc(OC)c2C1. The van der Waals surface area contributed by atoms with Crippen molar-refractivity contribution in [3.8, 4) is 11.5 Å². The second kappa shape index (κ2) is 9.99. The Hall–Kier alpha value is -2.53. The molecule has 0 aromatic heterocycles. The van der Waals surface area contributed by atoms with Gasteiger partial charge in [-0.1, -0.05) is 25.1 Å². The predicted molar refractivity (Wildman–Crippen MR) is 135 cm³/mol. The maximum Gasteiger partial charge on any atom is 0.254 e. The van der Waals surface area contributed by atoms with Crippen molar-refractivity contribution in [1.29, 1.82) is 0 Å². The smallest absolute Gasteiger partial charge is 0.254 e. The third-order valence-electron chi connectivity index (χ3n) is 8.27. The van der Waals surface area contributed by atoms with Gasteiger partial charge >= 0.3 is 0 Å². The molecule has 2 atom stereocenters. The Labute approximate surface area is 204 Å². The van der Waals surface area contributed by atoms with E-state index in [0.717, 1.165) is 75.1 Å². The molecule has 3 aliphatic rings. The lowest BCUT2D eigenvalue weighted by molar-refractivity contribution is 0.0455. The minimum absolute atomic E-state index is 0.224. The summed E-state index contributed by atoms with van der Waals surface area (Å²) in [6.45, 7) is 4.51. The van der Waals surface area contributed by atoms with Crippen LogP contribution >= 0.6 is 0 Å². The topological polar surface area (TPSA) is 42.0 Å². The zero-order chi connectivity index (χ0) is 23.7. The van der Waals surface area contributed by atoms with Gasteiger partial charge < -0.3 is 14.4 Å². The van der Waals surface area contributed by atoms with Crippen LogP contribution < -0.4 is 9.47 Å². The lowest BCUT2D eigenvalue weighted by Gasteiger charge is -2.41. The first-order chi connectivity index (χ1) is 16.6. The van der Waals surface area contributed by atoms with E-state index in [2.05, 4.69) is 16.7 Å². The highest BCUT2D eigenvalue weighted by molar-refractivity contribution is 5.94. The van der Waals surface area contributed by atoms with E-state index >= 15 is 0 Å². The van der Waals surface area contributed by atoms with Gasteiger partial charge in [-0.2, -0.15) is 0 Å². The van der Waals surface area contributed by atoms with Crippen LogP contribution in [-0.2, 0) is 12.8 Å². The summed E-state index contributed by atoms with van der Waals surface area (Å²) < 4.78 is 11.4. The highest BCUT2D eigenvalue weighted by Crippen LogP contribution is 2.42. The largest absolute Gasteiger partial charge is 0.496 e. The Morgan fingerprint density at radius 1 is 0.941 bits per heavy atom. The molecule has 2 bridgehead atoms. The highest BCUT2D eigenvalue weighted by atomic mass is 16.5. The molecule has 2 heterocycles. The Balaban J connectivity index is 1.28. The molecule has 0 radical (unpaired) electrons. The fourth-order valence-corrected chi connectivity index (χ4v) is 6.82. The van der Waals surface area contributed by atoms with Gasteiger partial charge in [0.2, 0.25) is 0 Å². The van der Waals surface area contributed by atoms with Gasteiger partial charge in [-0.25, -0.2) is 0 Å². The number of fused-ring (bicyclic) bond motifs is 3. The highest BCUT2D eigenvalue weighted by Gasteiger charge is 2.44. The summed E-state index contributed by atoms with van der Waals surface area (Å²) in [5.41, 5.74) is 3.46. The Morgan fingerprint density at radius 3 is 2.06 bits per heavy atom. The van der Waals surface area contributed by atoms with Gasteiger partial charge in [-0.3, -0.25) is 9.69 Å². The normalized spacial score (nSPS) is 23.9. The Bertz CT molecular complexity index is 961. The summed E-state index contributed by atoms with van der Waals surface area (Å²) in [7, 11) is 3.53. The van der Waals surface area contributed by atoms with Crippen molar-refractivity contribution >= 4 is 5.91 Å². The first kappa shape index (κ1) is 23.2. The maximum atomic E-state index is 13.2. The average Bonchev–Trinajstić information content (AvgIpc) is 3.42. The summed E-state index contributed by atoms with van der Waals surface area (Å²) >= 11 is 0. The van der Waals surface area contributed by atoms with Crippen LogP contribution in [0.2, 0.25) is 0 Å². The van der Waals surface area contributed by atoms with E-state index in [9.17, 15) is 4.79 Å². The van der Waals surface area contributed by atoms with Gasteiger partial charge in [-0.15, -0.1) is 0 Å². The molecule has 0 saturated carbocycles. The van der Waals surface area contributed by atoms with Gasteiger partial charge in [0.25, 0.3) is 5.91 Å². The summed E-state index contributed by atoms with van der Waals surface area (Å²) in [6, 6.07) is 15.2. The quantitative estimate of drug-likeness (QED) is 0.556. The number of carbonyl (C=O) groups is 1. The molecule has 5 nitrogen and oxygen atoms in total. The third-order valence-corrected chi connectivity index (χ3v) is 8.27. The zero-order valence-corrected chi connectivity index (χ0v) is 20.8. The maximum absolute atomic E-state index is 13.2. The molecule has 2 aromatic rings. The third kappa shape index (κ3) is 4.31. The van der Waals surface area contributed by atoms with Crippen LogP contribution in [0.4, 0.5) is 0 Å². The fourth-order valence-electron chi connectivity index (χ4n) is 6.82. The van der Waals surface area contributed by atoms with Gasteiger partial charge in [0.05, 0.1) is 14.2 Å². The number of carbonyl (C=O) groups excluding carboxylic acids is 1. The average molecular weight is 463 g/mol. The molecule has 34 heavy (non-hydrogen) atoms. The van der Waals surface area contributed by atoms with E-state index in [4.69, 9.17) is 9.47 Å². The van der Waals surface area contributed by atoms with Crippen LogP contribution in [0.5, 0.6) is 11.5 Å². The first-order valence-corrected chi connectivity index (χ1v) is 13.0. The summed E-state index contributed by atoms with van der Waals surface area (Å²) in [4.78, 5) is 18.2. The monoisotopic (exact) mass is 462 g/mol. The summed E-state index contributed by atoms with van der Waals surface area (Å²) in [6.07, 6.45) is 7.75. The lowest BCUT2D eigenvalue weighted by Crippen LogP contribution is -2.49. The van der Waals surface area contributed by atoms with E-state index < -0.39 is 0 Å². The molecular formula is C29H38N2O3. The molecular weight excluding hydrogens is 424 g/mol. The van der Waals surface area contributed by atoms with Gasteiger partial charge in [-0.05, 0) is 81.7 Å². The van der Waals surface area contributed by atoms with Crippen molar-refractivity contribution in [1.82, 2.24) is 9.80 Å². The molecule has 1 amide bonds. The van der Waals surface area contributed by atoms with Crippen LogP contribution in [0.3, 0.4) is 0 Å². The molecule has 5 heteroatoms. The number of nitrogens with zero attached hydrogens (tertiary/aromatic N) is 2. The number of piperidine rings is 1. The summed E-state index contributed by atoms with van der Waals surface area (Å²) in [5.74, 6) is 2.85. The van der Waals surface area contributed by atoms with Gasteiger partial charge in [0, 0.05) is 41.4 Å². The van der Waals surface area contributed by atoms with Crippen LogP contribution in [-0.4, -0.2) is 61.1 Å². The van der Waals surface area contributed by atoms with Crippen molar-refractivity contribution in [2.75, 3.05) is 27.3 Å². The second-order valence-corrected chi connectivity index (χ2v) is 10.3. The lowest BCUT2D eigenvalue weighted by atomic mass is 9.89. The molecule has 5 rings (SSSR count). The van der Waals surface area contributed by atoms with Crippen molar-refractivity contribution in [2.24, 2.45) is 5.92 Å². The number of amides is 1. The Kier molecular flexibility index (Phi) is 6.82. The van der Waals surface area contributed by atoms with E-state index in [1.165, 1.54) is 11.1 Å². The Morgan fingerprint density at radius 2 is 1.53 bits per heavy atom. The number of hydrogen-bond acceptors (Lipinski definition) is 4. The van der Waals surface area contributed by atoms with Gasteiger partial charge in [0.1, 0.15) is 11.5 Å². The van der Waals surface area contributed by atoms with Crippen molar-refractivity contribution in [3.05, 3.63) is 59.2 Å². The van der Waals surface area contributed by atoms with Crippen LogP contribution in [0.15, 0.2) is 42.5 Å². The van der Waals surface area contributed by atoms with E-state index in [1.807, 2.05) is 42.5 Å². The number of benzene rings is 2. The molecule has 1 aliphatic carbocycles. The molecule has 182 valence electrons. The molecule has 0 N–H and O–H groups in total. The fraction of sp³-hybridized carbons (Fsp3) is 0.552. The molecule has 2 unspecified atom stereocenters. The number of rotatable bonds is 8. The van der Waals surface area contributed by atoms with E-state index in [0.29, 0.717) is 24.0 Å². The summed E-state index contributed by atoms with van der Waals surface area (Å²) in [5, 5.41) is 0. The number of methoxy groups -OCH3 is 2. The molecule has 2 aliphatic heterocycles. The van der Waals surface area contributed by atoms with Crippen LogP contribution in [0.25, 0.3) is 0 Å². The van der Waals surface area contributed by atoms with Crippen molar-refractivity contribution in [2.45, 2.75) is 70.0 Å². The zero-order valence-electron chi connectivity index (χ0n) is 20.8. The van der Waals surface area contributed by atoms with Crippen LogP contribution in [0.1, 0.15) is 60.5 Å².